The van der Waals surface area contributed by atoms with Crippen LogP contribution in [0.1, 0.15) is 27.0 Å². The zero-order chi connectivity index (χ0) is 21.6. The molecule has 3 aromatic rings. The number of fused-ring (bicyclic) bond motifs is 2. The van der Waals surface area contributed by atoms with Crippen LogP contribution in [0.5, 0.6) is 0 Å². The van der Waals surface area contributed by atoms with Crippen molar-refractivity contribution in [2.75, 3.05) is 17.2 Å². The molecule has 1 atom stereocenters. The van der Waals surface area contributed by atoms with E-state index in [2.05, 4.69) is 6.07 Å². The quantitative estimate of drug-likeness (QED) is 0.601. The number of hydrogen-bond donors (Lipinski definition) is 0. The van der Waals surface area contributed by atoms with Crippen LogP contribution in [-0.4, -0.2) is 29.0 Å². The summed E-state index contributed by atoms with van der Waals surface area (Å²) in [6.45, 7) is 2.89. The van der Waals surface area contributed by atoms with Crippen LogP contribution in [0.2, 0.25) is 0 Å². The van der Waals surface area contributed by atoms with E-state index in [0.717, 1.165) is 22.4 Å². The zero-order valence-corrected chi connectivity index (χ0v) is 17.9. The molecule has 0 saturated carbocycles. The fourth-order valence-electron chi connectivity index (χ4n) is 4.50. The second-order valence-electron chi connectivity index (χ2n) is 7.86. The SMILES string of the molecule is Cc1cccc(CN2C(=O)[C@@]3(SCCN3C(=O)c3cccc(F)c3)c3ccccc32)c1. The van der Waals surface area contributed by atoms with Crippen molar-refractivity contribution in [2.45, 2.75) is 18.3 Å². The Morgan fingerprint density at radius 3 is 2.68 bits per heavy atom. The maximum Gasteiger partial charge on any atom is 0.268 e. The lowest BCUT2D eigenvalue weighted by atomic mass is 10.0. The number of halogens is 1. The van der Waals surface area contributed by atoms with Gasteiger partial charge in [0.25, 0.3) is 11.8 Å². The Hall–Kier alpha value is -3.12. The Morgan fingerprint density at radius 1 is 1.06 bits per heavy atom. The van der Waals surface area contributed by atoms with Gasteiger partial charge in [0, 0.05) is 23.4 Å². The van der Waals surface area contributed by atoms with E-state index < -0.39 is 10.7 Å². The van der Waals surface area contributed by atoms with Gasteiger partial charge in [-0.15, -0.1) is 11.8 Å². The van der Waals surface area contributed by atoms with E-state index in [1.165, 1.54) is 30.0 Å². The van der Waals surface area contributed by atoms with E-state index in [0.29, 0.717) is 18.8 Å². The number of anilines is 1. The minimum Gasteiger partial charge on any atom is -0.311 e. The first kappa shape index (κ1) is 19.8. The molecular formula is C25H21FN2O2S. The molecule has 0 radical (unpaired) electrons. The largest absolute Gasteiger partial charge is 0.311 e. The minimum atomic E-state index is -1.12. The molecule has 5 rings (SSSR count). The van der Waals surface area contributed by atoms with Crippen LogP contribution < -0.4 is 4.90 Å². The highest BCUT2D eigenvalue weighted by Crippen LogP contribution is 2.54. The van der Waals surface area contributed by atoms with E-state index in [4.69, 9.17) is 0 Å². The smallest absolute Gasteiger partial charge is 0.268 e. The predicted molar refractivity (Wildman–Crippen MR) is 120 cm³/mol. The highest BCUT2D eigenvalue weighted by atomic mass is 32.2. The number of carbonyl (C=O) groups is 2. The van der Waals surface area contributed by atoms with Gasteiger partial charge >= 0.3 is 0 Å². The standard InChI is InChI=1S/C25H21FN2O2S/c1-17-6-4-7-18(14-17)16-27-22-11-3-2-10-21(22)25(24(27)30)28(12-13-31-25)23(29)19-8-5-9-20(26)15-19/h2-11,14-15H,12-13,16H2,1H3/t25-/m0/s1. The molecule has 0 aliphatic carbocycles. The first-order chi connectivity index (χ1) is 15.0. The van der Waals surface area contributed by atoms with Gasteiger partial charge in [0.15, 0.2) is 4.87 Å². The summed E-state index contributed by atoms with van der Waals surface area (Å²) in [5.74, 6) is -0.280. The summed E-state index contributed by atoms with van der Waals surface area (Å²) in [4.78, 5) is 29.6. The third-order valence-corrected chi connectivity index (χ3v) is 7.26. The van der Waals surface area contributed by atoms with Crippen molar-refractivity contribution in [1.82, 2.24) is 4.90 Å². The van der Waals surface area contributed by atoms with Gasteiger partial charge in [-0.25, -0.2) is 4.39 Å². The third-order valence-electron chi connectivity index (χ3n) is 5.84. The van der Waals surface area contributed by atoms with Crippen LogP contribution in [0.3, 0.4) is 0 Å². The number of benzene rings is 3. The Kier molecular flexibility index (Phi) is 4.82. The van der Waals surface area contributed by atoms with Gasteiger partial charge in [-0.1, -0.05) is 54.1 Å². The lowest BCUT2D eigenvalue weighted by Gasteiger charge is -2.33. The molecule has 2 aliphatic rings. The highest BCUT2D eigenvalue weighted by Gasteiger charge is 2.59. The second kappa shape index (κ2) is 7.54. The summed E-state index contributed by atoms with van der Waals surface area (Å²) in [5.41, 5.74) is 4.06. The summed E-state index contributed by atoms with van der Waals surface area (Å²) in [5, 5.41) is 0. The summed E-state index contributed by atoms with van der Waals surface area (Å²) in [7, 11) is 0. The molecule has 31 heavy (non-hydrogen) atoms. The van der Waals surface area contributed by atoms with Crippen LogP contribution in [0.25, 0.3) is 0 Å². The van der Waals surface area contributed by atoms with Crippen molar-refractivity contribution in [3.8, 4) is 0 Å². The first-order valence-electron chi connectivity index (χ1n) is 10.2. The zero-order valence-electron chi connectivity index (χ0n) is 17.0. The Bertz CT molecular complexity index is 1200. The first-order valence-corrected chi connectivity index (χ1v) is 11.2. The Labute approximate surface area is 184 Å². The average Bonchev–Trinajstić information content (AvgIpc) is 3.31. The molecule has 1 saturated heterocycles. The molecule has 0 unspecified atom stereocenters. The van der Waals surface area contributed by atoms with E-state index in [9.17, 15) is 14.0 Å². The van der Waals surface area contributed by atoms with Crippen LogP contribution in [0.4, 0.5) is 10.1 Å². The molecule has 2 aliphatic heterocycles. The van der Waals surface area contributed by atoms with Gasteiger partial charge < -0.3 is 9.80 Å². The number of nitrogens with zero attached hydrogens (tertiary/aromatic N) is 2. The van der Waals surface area contributed by atoms with Gasteiger partial charge in [-0.3, -0.25) is 9.59 Å². The molecule has 4 nitrogen and oxygen atoms in total. The number of amides is 2. The summed E-state index contributed by atoms with van der Waals surface area (Å²) in [6.07, 6.45) is 0. The molecule has 2 amide bonds. The van der Waals surface area contributed by atoms with Crippen molar-refractivity contribution in [2.24, 2.45) is 0 Å². The fraction of sp³-hybridized carbons (Fsp3) is 0.200. The van der Waals surface area contributed by atoms with Gasteiger partial charge in [0.1, 0.15) is 5.82 Å². The van der Waals surface area contributed by atoms with Crippen molar-refractivity contribution in [3.05, 3.63) is 101 Å². The van der Waals surface area contributed by atoms with Crippen molar-refractivity contribution in [3.63, 3.8) is 0 Å². The maximum absolute atomic E-state index is 13.9. The molecule has 156 valence electrons. The van der Waals surface area contributed by atoms with Gasteiger partial charge in [-0.05, 0) is 36.8 Å². The van der Waals surface area contributed by atoms with Crippen LogP contribution in [-0.2, 0) is 16.2 Å². The molecule has 2 heterocycles. The van der Waals surface area contributed by atoms with E-state index in [1.807, 2.05) is 49.4 Å². The van der Waals surface area contributed by atoms with Crippen molar-refractivity contribution < 1.29 is 14.0 Å². The number of carbonyl (C=O) groups excluding carboxylic acids is 2. The summed E-state index contributed by atoms with van der Waals surface area (Å²) in [6, 6.07) is 21.4. The Balaban J connectivity index is 1.58. The predicted octanol–water partition coefficient (Wildman–Crippen LogP) is 4.72. The number of rotatable bonds is 3. The molecule has 0 aromatic heterocycles. The molecular weight excluding hydrogens is 411 g/mol. The number of thioether (sulfide) groups is 1. The molecule has 3 aromatic carbocycles. The highest BCUT2D eigenvalue weighted by molar-refractivity contribution is 8.01. The monoisotopic (exact) mass is 432 g/mol. The number of para-hydroxylation sites is 1. The van der Waals surface area contributed by atoms with Crippen molar-refractivity contribution in [1.29, 1.82) is 0 Å². The second-order valence-corrected chi connectivity index (χ2v) is 9.14. The normalized spacial score (nSPS) is 19.9. The topological polar surface area (TPSA) is 40.6 Å². The molecule has 0 bridgehead atoms. The lowest BCUT2D eigenvalue weighted by Crippen LogP contribution is -2.50. The van der Waals surface area contributed by atoms with Crippen LogP contribution in [0.15, 0.2) is 72.8 Å². The van der Waals surface area contributed by atoms with E-state index in [-0.39, 0.29) is 17.4 Å². The van der Waals surface area contributed by atoms with Crippen molar-refractivity contribution >= 4 is 29.3 Å². The molecule has 1 fully saturated rings. The number of hydrogen-bond acceptors (Lipinski definition) is 3. The fourth-order valence-corrected chi connectivity index (χ4v) is 5.96. The average molecular weight is 433 g/mol. The van der Waals surface area contributed by atoms with E-state index in [1.54, 1.807) is 15.9 Å². The van der Waals surface area contributed by atoms with E-state index >= 15 is 0 Å². The van der Waals surface area contributed by atoms with Crippen LogP contribution >= 0.6 is 11.8 Å². The van der Waals surface area contributed by atoms with Crippen LogP contribution in [0, 0.1) is 12.7 Å². The van der Waals surface area contributed by atoms with Gasteiger partial charge in [0.05, 0.1) is 12.2 Å². The minimum absolute atomic E-state index is 0.123. The Morgan fingerprint density at radius 2 is 1.87 bits per heavy atom. The summed E-state index contributed by atoms with van der Waals surface area (Å²) < 4.78 is 13.8. The molecule has 0 N–H and O–H groups in total. The van der Waals surface area contributed by atoms with Gasteiger partial charge in [-0.2, -0.15) is 0 Å². The molecule has 6 heteroatoms. The van der Waals surface area contributed by atoms with Gasteiger partial charge in [0.2, 0.25) is 0 Å². The number of aryl methyl sites for hydroxylation is 1. The summed E-state index contributed by atoms with van der Waals surface area (Å²) >= 11 is 1.48. The maximum atomic E-state index is 13.9. The third kappa shape index (κ3) is 3.13. The lowest BCUT2D eigenvalue weighted by molar-refractivity contribution is -0.123. The molecule has 1 spiro atoms.